The zero-order chi connectivity index (χ0) is 16.8. The van der Waals surface area contributed by atoms with Crippen LogP contribution >= 0.6 is 32.9 Å². The summed E-state index contributed by atoms with van der Waals surface area (Å²) in [5.41, 5.74) is 1.14. The van der Waals surface area contributed by atoms with Crippen molar-refractivity contribution in [2.75, 3.05) is 0 Å². The number of carbonyl (C=O) groups is 2. The standard InChI is InChI=1S/C17H16O3S3/c1-3-5-13(14(18)4-2)17(19)20-12-8-6-11(7-9-12)15-10-16(21)23-22-15/h5-10H,3-4H2,1-2H3/b13-5+. The van der Waals surface area contributed by atoms with Crippen molar-refractivity contribution in [2.24, 2.45) is 0 Å². The second kappa shape index (κ2) is 8.29. The molecule has 0 saturated heterocycles. The number of allylic oxidation sites excluding steroid dienone is 1. The zero-order valence-corrected chi connectivity index (χ0v) is 15.3. The van der Waals surface area contributed by atoms with E-state index in [0.717, 1.165) is 14.3 Å². The Balaban J connectivity index is 2.14. The van der Waals surface area contributed by atoms with E-state index in [0.29, 0.717) is 12.2 Å². The van der Waals surface area contributed by atoms with Gasteiger partial charge < -0.3 is 4.74 Å². The molecule has 2 aromatic rings. The number of rotatable bonds is 6. The maximum Gasteiger partial charge on any atom is 0.346 e. The van der Waals surface area contributed by atoms with Crippen LogP contribution in [0.15, 0.2) is 42.0 Å². The van der Waals surface area contributed by atoms with Gasteiger partial charge in [0.1, 0.15) is 9.57 Å². The van der Waals surface area contributed by atoms with Crippen LogP contribution in [0.4, 0.5) is 0 Å². The first-order valence-electron chi connectivity index (χ1n) is 7.21. The molecule has 0 saturated carbocycles. The lowest BCUT2D eigenvalue weighted by Gasteiger charge is -2.07. The molecule has 0 fully saturated rings. The second-order valence-electron chi connectivity index (χ2n) is 4.71. The second-order valence-corrected chi connectivity index (χ2v) is 7.62. The highest BCUT2D eigenvalue weighted by atomic mass is 32.9. The molecule has 0 amide bonds. The Hall–Kier alpha value is -1.63. The number of carbonyl (C=O) groups excluding carboxylic acids is 2. The van der Waals surface area contributed by atoms with Crippen LogP contribution < -0.4 is 4.74 Å². The molecule has 1 aromatic heterocycles. The van der Waals surface area contributed by atoms with E-state index in [1.165, 1.54) is 0 Å². The monoisotopic (exact) mass is 364 g/mol. The Bertz CT molecular complexity index is 782. The average molecular weight is 365 g/mol. The van der Waals surface area contributed by atoms with Crippen LogP contribution in [0, 0.1) is 3.82 Å². The first-order valence-corrected chi connectivity index (χ1v) is 9.77. The molecule has 0 aliphatic rings. The third kappa shape index (κ3) is 4.67. The van der Waals surface area contributed by atoms with Gasteiger partial charge in [0.25, 0.3) is 0 Å². The molecule has 0 atom stereocenters. The Morgan fingerprint density at radius 3 is 2.39 bits per heavy atom. The third-order valence-electron chi connectivity index (χ3n) is 3.06. The van der Waals surface area contributed by atoms with Gasteiger partial charge in [0, 0.05) is 11.3 Å². The van der Waals surface area contributed by atoms with Crippen LogP contribution in [0.3, 0.4) is 0 Å². The van der Waals surface area contributed by atoms with Gasteiger partial charge in [0.15, 0.2) is 5.78 Å². The summed E-state index contributed by atoms with van der Waals surface area (Å²) < 4.78 is 6.16. The van der Waals surface area contributed by atoms with Crippen molar-refractivity contribution in [3.05, 3.63) is 45.8 Å². The van der Waals surface area contributed by atoms with E-state index in [1.807, 2.05) is 25.1 Å². The summed E-state index contributed by atoms with van der Waals surface area (Å²) in [6, 6.07) is 9.15. The first kappa shape index (κ1) is 17.7. The Labute approximate surface area is 147 Å². The minimum Gasteiger partial charge on any atom is -0.423 e. The molecule has 6 heteroatoms. The van der Waals surface area contributed by atoms with Gasteiger partial charge in [-0.2, -0.15) is 0 Å². The molecule has 0 aliphatic carbocycles. The zero-order valence-electron chi connectivity index (χ0n) is 12.8. The van der Waals surface area contributed by atoms with Gasteiger partial charge in [0.2, 0.25) is 0 Å². The summed E-state index contributed by atoms with van der Waals surface area (Å²) in [5.74, 6) is -0.382. The predicted molar refractivity (Wildman–Crippen MR) is 97.8 cm³/mol. The SMILES string of the molecule is CC/C=C(\C(=O)CC)C(=O)Oc1ccc(-c2cc(=S)ss2)cc1. The smallest absolute Gasteiger partial charge is 0.346 e. The molecule has 2 rings (SSSR count). The van der Waals surface area contributed by atoms with Gasteiger partial charge in [-0.3, -0.25) is 4.79 Å². The van der Waals surface area contributed by atoms with E-state index in [1.54, 1.807) is 45.8 Å². The number of benzene rings is 1. The Morgan fingerprint density at radius 1 is 1.17 bits per heavy atom. The fourth-order valence-electron chi connectivity index (χ4n) is 1.93. The fourth-order valence-corrected chi connectivity index (χ4v) is 4.33. The van der Waals surface area contributed by atoms with Gasteiger partial charge in [-0.1, -0.05) is 52.8 Å². The predicted octanol–water partition coefficient (Wildman–Crippen LogP) is 5.43. The highest BCUT2D eigenvalue weighted by Crippen LogP contribution is 2.30. The molecular formula is C17H16O3S3. The molecule has 120 valence electrons. The fraction of sp³-hybridized carbons (Fsp3) is 0.235. The van der Waals surface area contributed by atoms with Gasteiger partial charge in [-0.15, -0.1) is 0 Å². The average Bonchev–Trinajstić information content (AvgIpc) is 2.99. The first-order chi connectivity index (χ1) is 11.0. The molecule has 23 heavy (non-hydrogen) atoms. The summed E-state index contributed by atoms with van der Waals surface area (Å²) >= 11 is 5.13. The number of ether oxygens (including phenoxy) is 1. The van der Waals surface area contributed by atoms with Gasteiger partial charge in [-0.05, 0) is 42.3 Å². The molecule has 0 unspecified atom stereocenters. The molecule has 0 spiro atoms. The van der Waals surface area contributed by atoms with Crippen molar-refractivity contribution in [2.45, 2.75) is 26.7 Å². The van der Waals surface area contributed by atoms with E-state index >= 15 is 0 Å². The van der Waals surface area contributed by atoms with Gasteiger partial charge in [0.05, 0.1) is 5.57 Å². The lowest BCUT2D eigenvalue weighted by Crippen LogP contribution is -2.18. The van der Waals surface area contributed by atoms with Gasteiger partial charge in [-0.25, -0.2) is 4.79 Å². The van der Waals surface area contributed by atoms with Crippen molar-refractivity contribution in [3.8, 4) is 16.2 Å². The van der Waals surface area contributed by atoms with Gasteiger partial charge >= 0.3 is 5.97 Å². The van der Waals surface area contributed by atoms with Crippen molar-refractivity contribution >= 4 is 44.7 Å². The number of hydrogen-bond donors (Lipinski definition) is 0. The summed E-state index contributed by atoms with van der Waals surface area (Å²) in [7, 11) is 3.17. The molecule has 0 bridgehead atoms. The van der Waals surface area contributed by atoms with Crippen LogP contribution in [0.25, 0.3) is 10.4 Å². The minimum absolute atomic E-state index is 0.120. The maximum absolute atomic E-state index is 12.1. The lowest BCUT2D eigenvalue weighted by molar-refractivity contribution is -0.132. The summed E-state index contributed by atoms with van der Waals surface area (Å²) in [4.78, 5) is 25.0. The summed E-state index contributed by atoms with van der Waals surface area (Å²) in [6.45, 7) is 3.60. The number of esters is 1. The molecular weight excluding hydrogens is 348 g/mol. The Kier molecular flexibility index (Phi) is 6.38. The van der Waals surface area contributed by atoms with E-state index in [-0.39, 0.29) is 17.8 Å². The summed E-state index contributed by atoms with van der Waals surface area (Å²) in [5, 5.41) is 0. The number of hydrogen-bond acceptors (Lipinski definition) is 6. The topological polar surface area (TPSA) is 43.4 Å². The molecule has 0 N–H and O–H groups in total. The minimum atomic E-state index is -0.599. The van der Waals surface area contributed by atoms with Crippen LogP contribution in [0.5, 0.6) is 5.75 Å². The quantitative estimate of drug-likeness (QED) is 0.130. The highest BCUT2D eigenvalue weighted by Gasteiger charge is 2.18. The van der Waals surface area contributed by atoms with E-state index in [4.69, 9.17) is 17.0 Å². The normalized spacial score (nSPS) is 11.3. The van der Waals surface area contributed by atoms with Crippen molar-refractivity contribution in [1.82, 2.24) is 0 Å². The van der Waals surface area contributed by atoms with Crippen molar-refractivity contribution in [1.29, 1.82) is 0 Å². The third-order valence-corrected chi connectivity index (χ3v) is 5.97. The van der Waals surface area contributed by atoms with Crippen LogP contribution in [-0.2, 0) is 9.59 Å². The molecule has 0 radical (unpaired) electrons. The molecule has 1 aromatic carbocycles. The lowest BCUT2D eigenvalue weighted by atomic mass is 10.1. The molecule has 0 aliphatic heterocycles. The highest BCUT2D eigenvalue weighted by molar-refractivity contribution is 7.80. The maximum atomic E-state index is 12.1. The van der Waals surface area contributed by atoms with Crippen LogP contribution in [-0.4, -0.2) is 11.8 Å². The van der Waals surface area contributed by atoms with E-state index < -0.39 is 5.97 Å². The number of Topliss-reactive ketones (excluding diaryl/α,β-unsaturated/α-hetero) is 1. The summed E-state index contributed by atoms with van der Waals surface area (Å²) in [6.07, 6.45) is 2.50. The van der Waals surface area contributed by atoms with Crippen molar-refractivity contribution < 1.29 is 14.3 Å². The van der Waals surface area contributed by atoms with Crippen molar-refractivity contribution in [3.63, 3.8) is 0 Å². The van der Waals surface area contributed by atoms with Crippen LogP contribution in [0.2, 0.25) is 0 Å². The Morgan fingerprint density at radius 2 is 1.87 bits per heavy atom. The van der Waals surface area contributed by atoms with E-state index in [2.05, 4.69) is 0 Å². The molecule has 3 nitrogen and oxygen atoms in total. The van der Waals surface area contributed by atoms with Crippen LogP contribution in [0.1, 0.15) is 26.7 Å². The van der Waals surface area contributed by atoms with E-state index in [9.17, 15) is 9.59 Å². The molecule has 1 heterocycles. The largest absolute Gasteiger partial charge is 0.423 e. The number of ketones is 1.